The van der Waals surface area contributed by atoms with Crippen molar-refractivity contribution < 1.29 is 27.9 Å². The minimum Gasteiger partial charge on any atom is -0.507 e. The molecule has 244 valence electrons. The molecule has 0 radical (unpaired) electrons. The van der Waals surface area contributed by atoms with Gasteiger partial charge < -0.3 is 19.5 Å². The Morgan fingerprint density at radius 3 is 2.17 bits per heavy atom. The predicted molar refractivity (Wildman–Crippen MR) is 171 cm³/mol. The van der Waals surface area contributed by atoms with Crippen LogP contribution in [0, 0.1) is 17.5 Å². The minimum absolute atomic E-state index is 0.0442. The Bertz CT molecular complexity index is 2020. The Morgan fingerprint density at radius 2 is 1.52 bits per heavy atom. The SMILES string of the molecule is O=C(C=C(O)c1cc(Cc2c(F)cc(F)cc2F)cn(Cc2ccccc2)c1=O)C(=O)N1CCN(c2ccc(-n3cncn3)cc2)CC1. The number of carbonyl (C=O) groups excluding carboxylic acids is 2. The zero-order valence-corrected chi connectivity index (χ0v) is 25.5. The third kappa shape index (κ3) is 7.04. The summed E-state index contributed by atoms with van der Waals surface area (Å²) in [6.45, 7) is 1.46. The molecular weight excluding hydrogens is 625 g/mol. The van der Waals surface area contributed by atoms with E-state index in [0.717, 1.165) is 16.9 Å². The average Bonchev–Trinajstić information content (AvgIpc) is 3.63. The van der Waals surface area contributed by atoms with Crippen molar-refractivity contribution >= 4 is 23.1 Å². The van der Waals surface area contributed by atoms with Crippen LogP contribution in [0.15, 0.2) is 103 Å². The maximum Gasteiger partial charge on any atom is 0.294 e. The molecule has 13 heteroatoms. The number of amides is 1. The Morgan fingerprint density at radius 1 is 0.854 bits per heavy atom. The molecule has 10 nitrogen and oxygen atoms in total. The van der Waals surface area contributed by atoms with Crippen molar-refractivity contribution in [1.82, 2.24) is 24.2 Å². The summed E-state index contributed by atoms with van der Waals surface area (Å²) in [7, 11) is 0. The molecule has 1 saturated heterocycles. The van der Waals surface area contributed by atoms with Crippen molar-refractivity contribution in [2.45, 2.75) is 13.0 Å². The number of nitrogens with zero attached hydrogens (tertiary/aromatic N) is 6. The van der Waals surface area contributed by atoms with Gasteiger partial charge in [0.25, 0.3) is 11.5 Å². The number of hydrogen-bond acceptors (Lipinski definition) is 7. The van der Waals surface area contributed by atoms with Crippen LogP contribution in [0.3, 0.4) is 0 Å². The molecule has 1 N–H and O–H groups in total. The normalized spacial score (nSPS) is 13.5. The van der Waals surface area contributed by atoms with Gasteiger partial charge in [0.2, 0.25) is 5.78 Å². The second-order valence-electron chi connectivity index (χ2n) is 11.2. The lowest BCUT2D eigenvalue weighted by atomic mass is 10.0. The van der Waals surface area contributed by atoms with Crippen molar-refractivity contribution in [2.24, 2.45) is 0 Å². The number of pyridine rings is 1. The van der Waals surface area contributed by atoms with Crippen molar-refractivity contribution in [2.75, 3.05) is 31.1 Å². The zero-order valence-electron chi connectivity index (χ0n) is 25.5. The molecule has 0 spiro atoms. The summed E-state index contributed by atoms with van der Waals surface area (Å²) in [5.74, 6) is -5.95. The quantitative estimate of drug-likeness (QED) is 0.143. The van der Waals surface area contributed by atoms with E-state index in [2.05, 4.69) is 15.0 Å². The maximum absolute atomic E-state index is 14.5. The van der Waals surface area contributed by atoms with Gasteiger partial charge in [0.15, 0.2) is 0 Å². The van der Waals surface area contributed by atoms with Crippen LogP contribution in [0.25, 0.3) is 11.4 Å². The molecular formula is C35H29F3N6O4. The molecule has 3 aromatic carbocycles. The van der Waals surface area contributed by atoms with Gasteiger partial charge in [-0.1, -0.05) is 30.3 Å². The van der Waals surface area contributed by atoms with E-state index in [-0.39, 0.29) is 37.2 Å². The van der Waals surface area contributed by atoms with E-state index in [9.17, 15) is 32.7 Å². The van der Waals surface area contributed by atoms with Crippen molar-refractivity contribution in [1.29, 1.82) is 0 Å². The van der Waals surface area contributed by atoms with Gasteiger partial charge in [-0.15, -0.1) is 0 Å². The van der Waals surface area contributed by atoms with Gasteiger partial charge in [0, 0.05) is 68.3 Å². The molecule has 0 unspecified atom stereocenters. The van der Waals surface area contributed by atoms with Gasteiger partial charge >= 0.3 is 0 Å². The number of hydrogen-bond donors (Lipinski definition) is 1. The molecule has 1 aliphatic rings. The third-order valence-electron chi connectivity index (χ3n) is 8.04. The fourth-order valence-corrected chi connectivity index (χ4v) is 5.57. The van der Waals surface area contributed by atoms with E-state index in [4.69, 9.17) is 0 Å². The molecule has 5 aromatic rings. The van der Waals surface area contributed by atoms with Crippen LogP contribution in [-0.2, 0) is 22.6 Å². The molecule has 0 saturated carbocycles. The van der Waals surface area contributed by atoms with Gasteiger partial charge in [-0.05, 0) is 41.5 Å². The summed E-state index contributed by atoms with van der Waals surface area (Å²) in [6.07, 6.45) is 4.72. The summed E-state index contributed by atoms with van der Waals surface area (Å²) in [5.41, 5.74) is 1.23. The molecule has 0 atom stereocenters. The van der Waals surface area contributed by atoms with E-state index in [1.54, 1.807) is 41.3 Å². The number of halogens is 3. The Labute approximate surface area is 272 Å². The number of rotatable bonds is 9. The molecule has 1 amide bonds. The molecule has 1 fully saturated rings. The minimum atomic E-state index is -1.11. The van der Waals surface area contributed by atoms with Crippen LogP contribution < -0.4 is 10.5 Å². The number of aliphatic hydroxyl groups is 1. The van der Waals surface area contributed by atoms with Crippen LogP contribution in [0.5, 0.6) is 0 Å². The molecule has 0 aliphatic carbocycles. The van der Waals surface area contributed by atoms with Crippen LogP contribution >= 0.6 is 0 Å². The second kappa shape index (κ2) is 13.8. The first-order valence-corrected chi connectivity index (χ1v) is 15.0. The topological polar surface area (TPSA) is 114 Å². The smallest absolute Gasteiger partial charge is 0.294 e. The molecule has 3 heterocycles. The number of piperazine rings is 1. The van der Waals surface area contributed by atoms with Crippen LogP contribution in [0.4, 0.5) is 18.9 Å². The standard InChI is InChI=1S/C35H29F3N6O4/c36-25-16-30(37)28(31(38)17-25)14-24-15-29(34(47)43(20-24)19-23-4-2-1-3-5-23)32(45)18-33(46)35(48)42-12-10-41(11-13-42)26-6-8-27(9-7-26)44-22-39-21-40-44/h1-9,15-18,20-22,45H,10-14,19H2. The van der Waals surface area contributed by atoms with Crippen LogP contribution in [0.2, 0.25) is 0 Å². The lowest BCUT2D eigenvalue weighted by Crippen LogP contribution is -2.50. The first-order valence-electron chi connectivity index (χ1n) is 15.0. The highest BCUT2D eigenvalue weighted by Crippen LogP contribution is 2.22. The fraction of sp³-hybridized carbons (Fsp3) is 0.171. The number of aromatic nitrogens is 4. The average molecular weight is 655 g/mol. The third-order valence-corrected chi connectivity index (χ3v) is 8.04. The monoisotopic (exact) mass is 654 g/mol. The highest BCUT2D eigenvalue weighted by molar-refractivity contribution is 6.41. The maximum atomic E-state index is 14.5. The van der Waals surface area contributed by atoms with Crippen LogP contribution in [-0.4, -0.2) is 67.2 Å². The summed E-state index contributed by atoms with van der Waals surface area (Å²) < 4.78 is 45.4. The van der Waals surface area contributed by atoms with Crippen LogP contribution in [0.1, 0.15) is 22.3 Å². The van der Waals surface area contributed by atoms with Gasteiger partial charge in [0.05, 0.1) is 17.8 Å². The zero-order chi connectivity index (χ0) is 33.8. The van der Waals surface area contributed by atoms with E-state index in [1.807, 2.05) is 24.3 Å². The highest BCUT2D eigenvalue weighted by Gasteiger charge is 2.26. The number of aliphatic hydroxyl groups excluding tert-OH is 1. The predicted octanol–water partition coefficient (Wildman–Crippen LogP) is 4.30. The van der Waals surface area contributed by atoms with Gasteiger partial charge in [-0.25, -0.2) is 22.8 Å². The highest BCUT2D eigenvalue weighted by atomic mass is 19.1. The van der Waals surface area contributed by atoms with E-state index < -0.39 is 46.0 Å². The Kier molecular flexibility index (Phi) is 9.19. The van der Waals surface area contributed by atoms with E-state index >= 15 is 0 Å². The Balaban J connectivity index is 1.19. The number of benzene rings is 3. The lowest BCUT2D eigenvalue weighted by Gasteiger charge is -2.35. The number of carbonyl (C=O) groups is 2. The van der Waals surface area contributed by atoms with Gasteiger partial charge in [0.1, 0.15) is 35.9 Å². The fourth-order valence-electron chi connectivity index (χ4n) is 5.57. The largest absolute Gasteiger partial charge is 0.507 e. The Hall–Kier alpha value is -5.98. The number of anilines is 1. The van der Waals surface area contributed by atoms with Gasteiger partial charge in [-0.3, -0.25) is 14.4 Å². The number of ketones is 1. The molecule has 2 aromatic heterocycles. The molecule has 48 heavy (non-hydrogen) atoms. The van der Waals surface area contributed by atoms with Gasteiger partial charge in [-0.2, -0.15) is 5.10 Å². The van der Waals surface area contributed by atoms with E-state index in [0.29, 0.717) is 31.3 Å². The summed E-state index contributed by atoms with van der Waals surface area (Å²) >= 11 is 0. The van der Waals surface area contributed by atoms with E-state index in [1.165, 1.54) is 28.1 Å². The van der Waals surface area contributed by atoms with Crippen molar-refractivity contribution in [3.05, 3.63) is 148 Å². The lowest BCUT2D eigenvalue weighted by molar-refractivity contribution is -0.142. The summed E-state index contributed by atoms with van der Waals surface area (Å²) in [5, 5.41) is 15.1. The first kappa shape index (κ1) is 32.0. The summed E-state index contributed by atoms with van der Waals surface area (Å²) in [4.78, 5) is 46.9. The first-order chi connectivity index (χ1) is 23.2. The molecule has 1 aliphatic heterocycles. The van der Waals surface area contributed by atoms with Crippen molar-refractivity contribution in [3.8, 4) is 5.69 Å². The van der Waals surface area contributed by atoms with Crippen molar-refractivity contribution in [3.63, 3.8) is 0 Å². The summed E-state index contributed by atoms with van der Waals surface area (Å²) in [6, 6.07) is 18.8. The molecule has 6 rings (SSSR count). The second-order valence-corrected chi connectivity index (χ2v) is 11.2. The molecule has 0 bridgehead atoms.